The molecule has 130 valence electrons. The van der Waals surface area contributed by atoms with Crippen LogP contribution in [-0.4, -0.2) is 64.9 Å². The number of hydrogen-bond acceptors (Lipinski definition) is 4. The summed E-state index contributed by atoms with van der Waals surface area (Å²) in [5.74, 6) is 0. The normalized spacial score (nSPS) is 10.1. The van der Waals surface area contributed by atoms with Crippen molar-refractivity contribution in [3.63, 3.8) is 0 Å². The summed E-state index contributed by atoms with van der Waals surface area (Å²) in [6, 6.07) is 0. The van der Waals surface area contributed by atoms with Crippen LogP contribution in [0, 0.1) is 0 Å². The molecule has 0 aliphatic rings. The third kappa shape index (κ3) is 42.7. The zero-order chi connectivity index (χ0) is 16.6. The molecule has 22 heavy (non-hydrogen) atoms. The molecule has 0 saturated carbocycles. The van der Waals surface area contributed by atoms with Gasteiger partial charge < -0.3 is 9.84 Å². The van der Waals surface area contributed by atoms with Crippen molar-refractivity contribution in [3.8, 4) is 0 Å². The second kappa shape index (κ2) is 19.2. The van der Waals surface area contributed by atoms with E-state index in [1.807, 2.05) is 0 Å². The molecule has 0 unspecified atom stereocenters. The Balaban J connectivity index is -0.000000520. The maximum absolute atomic E-state index is 10.0. The van der Waals surface area contributed by atoms with Crippen LogP contribution in [0.15, 0.2) is 0 Å². The number of carbonyl (C=O) groups is 1. The van der Waals surface area contributed by atoms with Crippen molar-refractivity contribution in [1.29, 1.82) is 0 Å². The summed E-state index contributed by atoms with van der Waals surface area (Å²) in [5.41, 5.74) is 0. The van der Waals surface area contributed by atoms with Crippen LogP contribution >= 0.6 is 0 Å². The molecule has 0 atom stereocenters. The summed E-state index contributed by atoms with van der Waals surface area (Å²) in [5, 5.41) is 8.23. The van der Waals surface area contributed by atoms with Crippen molar-refractivity contribution in [2.24, 2.45) is 0 Å². The van der Waals surface area contributed by atoms with Gasteiger partial charge in [0.1, 0.15) is 0 Å². The van der Waals surface area contributed by atoms with Crippen LogP contribution in [-0.2, 0) is 15.1 Å². The van der Waals surface area contributed by atoms with Crippen LogP contribution in [0.2, 0.25) is 0 Å². The van der Waals surface area contributed by atoms with Gasteiger partial charge in [-0.1, -0.05) is 64.7 Å². The van der Waals surface area contributed by atoms with Gasteiger partial charge in [-0.05, 0) is 6.42 Å². The van der Waals surface area contributed by atoms with Crippen molar-refractivity contribution in [2.75, 3.05) is 6.61 Å². The first kappa shape index (κ1) is 27.0. The molecule has 0 spiro atoms. The second-order valence-corrected chi connectivity index (χ2v) is 5.64. The van der Waals surface area contributed by atoms with Crippen molar-refractivity contribution in [1.82, 2.24) is 0 Å². The predicted octanol–water partition coefficient (Wildman–Crippen LogP) is 3.30. The number of unbranched alkanes of at least 4 members (excludes halogenated alkanes) is 9. The second-order valence-electron chi connectivity index (χ2n) is 4.74. The zero-order valence-electron chi connectivity index (χ0n) is 12.7. The number of hydrogen-bond donors (Lipinski definition) is 3. The molecule has 9 heteroatoms. The van der Waals surface area contributed by atoms with Crippen molar-refractivity contribution >= 4 is 46.1 Å². The van der Waals surface area contributed by atoms with Crippen molar-refractivity contribution in [3.05, 3.63) is 0 Å². The fourth-order valence-electron chi connectivity index (χ4n) is 1.75. The monoisotopic (exact) mass is 352 g/mol. The Labute approximate surface area is 155 Å². The summed E-state index contributed by atoms with van der Waals surface area (Å²) >= 11 is 0. The molecule has 0 aliphatic carbocycles. The van der Waals surface area contributed by atoms with E-state index in [9.17, 15) is 4.79 Å². The molecule has 0 saturated heterocycles. The molecule has 0 aromatic rings. The standard InChI is InChI=1S/C13H26O3.Na.H2O4S.H/c1-2-3-4-5-6-7-8-9-10-11-12-16-13(14)15;;1-5(2,3)4;/h2-12H2,1H3,(H,14,15);;(H2,1,2,3,4);. The van der Waals surface area contributed by atoms with E-state index >= 15 is 0 Å². The van der Waals surface area contributed by atoms with Gasteiger partial charge in [-0.15, -0.1) is 0 Å². The first-order valence-electron chi connectivity index (χ1n) is 7.33. The first-order valence-corrected chi connectivity index (χ1v) is 8.72. The average Bonchev–Trinajstić information content (AvgIpc) is 2.33. The molecular weight excluding hydrogens is 323 g/mol. The van der Waals surface area contributed by atoms with Crippen molar-refractivity contribution < 1.29 is 32.2 Å². The Kier molecular flexibility index (Phi) is 23.6. The van der Waals surface area contributed by atoms with Gasteiger partial charge in [0.25, 0.3) is 0 Å². The van der Waals surface area contributed by atoms with E-state index in [1.54, 1.807) is 0 Å². The van der Waals surface area contributed by atoms with Crippen LogP contribution in [0.3, 0.4) is 0 Å². The van der Waals surface area contributed by atoms with E-state index in [-0.39, 0.29) is 29.6 Å². The van der Waals surface area contributed by atoms with Crippen molar-refractivity contribution in [2.45, 2.75) is 71.1 Å². The molecule has 0 amide bonds. The van der Waals surface area contributed by atoms with Crippen LogP contribution < -0.4 is 0 Å². The van der Waals surface area contributed by atoms with E-state index in [2.05, 4.69) is 11.7 Å². The summed E-state index contributed by atoms with van der Waals surface area (Å²) in [6.07, 6.45) is 11.4. The molecule has 7 nitrogen and oxygen atoms in total. The third-order valence-electron chi connectivity index (χ3n) is 2.72. The van der Waals surface area contributed by atoms with Crippen LogP contribution in [0.4, 0.5) is 4.79 Å². The number of carboxylic acid groups (broad SMARTS) is 1. The fraction of sp³-hybridized carbons (Fsp3) is 0.923. The van der Waals surface area contributed by atoms with Gasteiger partial charge in [0.2, 0.25) is 0 Å². The summed E-state index contributed by atoms with van der Waals surface area (Å²) in [4.78, 5) is 10.0. The minimum absolute atomic E-state index is 0. The predicted molar refractivity (Wildman–Crippen MR) is 87.1 cm³/mol. The van der Waals surface area contributed by atoms with E-state index < -0.39 is 16.6 Å². The molecule has 0 fully saturated rings. The number of rotatable bonds is 11. The van der Waals surface area contributed by atoms with E-state index in [1.165, 1.54) is 51.4 Å². The Morgan fingerprint density at radius 1 is 0.864 bits per heavy atom. The molecule has 0 bridgehead atoms. The number of ether oxygens (including phenoxy) is 1. The molecule has 0 radical (unpaired) electrons. The zero-order valence-corrected chi connectivity index (χ0v) is 13.5. The minimum atomic E-state index is -4.67. The average molecular weight is 352 g/mol. The van der Waals surface area contributed by atoms with Crippen LogP contribution in [0.5, 0.6) is 0 Å². The van der Waals surface area contributed by atoms with Gasteiger partial charge in [0.15, 0.2) is 0 Å². The van der Waals surface area contributed by atoms with Crippen LogP contribution in [0.25, 0.3) is 0 Å². The maximum atomic E-state index is 10.0. The molecule has 0 rings (SSSR count). The Hall–Kier alpha value is 0.140. The molecule has 0 heterocycles. The van der Waals surface area contributed by atoms with E-state index in [0.717, 1.165) is 12.8 Å². The molecule has 3 N–H and O–H groups in total. The third-order valence-corrected chi connectivity index (χ3v) is 2.72. The summed E-state index contributed by atoms with van der Waals surface area (Å²) < 4.78 is 36.0. The molecule has 0 aromatic heterocycles. The molecule has 0 aliphatic heterocycles. The Bertz CT molecular complexity index is 325. The van der Waals surface area contributed by atoms with E-state index in [0.29, 0.717) is 6.61 Å². The van der Waals surface area contributed by atoms with E-state index in [4.69, 9.17) is 22.6 Å². The Morgan fingerprint density at radius 2 is 1.18 bits per heavy atom. The SMILES string of the molecule is CCCCCCCCCCCCOC(=O)O.O=S(=O)(O)O.[NaH]. The van der Waals surface area contributed by atoms with Gasteiger partial charge >= 0.3 is 46.1 Å². The van der Waals surface area contributed by atoms with Gasteiger partial charge in [0.05, 0.1) is 6.61 Å². The van der Waals surface area contributed by atoms with Gasteiger partial charge in [0, 0.05) is 0 Å². The summed E-state index contributed by atoms with van der Waals surface area (Å²) in [7, 11) is -4.67. The van der Waals surface area contributed by atoms with Crippen LogP contribution in [0.1, 0.15) is 71.1 Å². The van der Waals surface area contributed by atoms with Gasteiger partial charge in [-0.2, -0.15) is 8.42 Å². The topological polar surface area (TPSA) is 121 Å². The van der Waals surface area contributed by atoms with Gasteiger partial charge in [-0.25, -0.2) is 4.79 Å². The summed E-state index contributed by atoms with van der Waals surface area (Å²) in [6.45, 7) is 2.59. The Morgan fingerprint density at radius 3 is 1.50 bits per heavy atom. The quantitative estimate of drug-likeness (QED) is 0.226. The molecular formula is C13H29NaO7S. The molecule has 0 aromatic carbocycles. The van der Waals surface area contributed by atoms with Gasteiger partial charge in [-0.3, -0.25) is 9.11 Å². The first-order chi connectivity index (χ1) is 9.77. The fourth-order valence-corrected chi connectivity index (χ4v) is 1.75.